The summed E-state index contributed by atoms with van der Waals surface area (Å²) in [7, 11) is 0. The molecule has 2 unspecified atom stereocenters. The molecule has 1 aromatic rings. The number of rotatable bonds is 6. The van der Waals surface area contributed by atoms with Crippen LogP contribution in [0.3, 0.4) is 0 Å². The van der Waals surface area contributed by atoms with Gasteiger partial charge in [0.05, 0.1) is 18.3 Å². The van der Waals surface area contributed by atoms with Crippen molar-refractivity contribution in [2.75, 3.05) is 6.54 Å². The molecule has 16 heavy (non-hydrogen) atoms. The first kappa shape index (κ1) is 12.8. The molecule has 0 radical (unpaired) electrons. The van der Waals surface area contributed by atoms with Gasteiger partial charge in [0.1, 0.15) is 5.76 Å². The molecule has 4 heteroatoms. The van der Waals surface area contributed by atoms with E-state index in [9.17, 15) is 4.79 Å². The highest BCUT2D eigenvalue weighted by Crippen LogP contribution is 2.17. The van der Waals surface area contributed by atoms with Crippen molar-refractivity contribution >= 4 is 5.91 Å². The number of hydrogen-bond donors (Lipinski definition) is 2. The highest BCUT2D eigenvalue weighted by molar-refractivity contribution is 5.81. The van der Waals surface area contributed by atoms with Gasteiger partial charge in [-0.1, -0.05) is 6.92 Å². The summed E-state index contributed by atoms with van der Waals surface area (Å²) in [6.07, 6.45) is 2.54. The van der Waals surface area contributed by atoms with Crippen LogP contribution in [-0.4, -0.2) is 18.5 Å². The van der Waals surface area contributed by atoms with Crippen LogP contribution in [0.4, 0.5) is 0 Å². The van der Waals surface area contributed by atoms with Crippen LogP contribution in [0.2, 0.25) is 0 Å². The van der Waals surface area contributed by atoms with Gasteiger partial charge in [-0.25, -0.2) is 0 Å². The first-order valence-corrected chi connectivity index (χ1v) is 5.76. The topological polar surface area (TPSA) is 54.3 Å². The van der Waals surface area contributed by atoms with Crippen molar-refractivity contribution in [3.63, 3.8) is 0 Å². The quantitative estimate of drug-likeness (QED) is 0.775. The fourth-order valence-electron chi connectivity index (χ4n) is 1.60. The molecule has 1 heterocycles. The number of carbonyl (C=O) groups is 1. The fraction of sp³-hybridized carbons (Fsp3) is 0.583. The predicted molar refractivity (Wildman–Crippen MR) is 63.0 cm³/mol. The Hall–Kier alpha value is -1.29. The van der Waals surface area contributed by atoms with Crippen molar-refractivity contribution in [3.05, 3.63) is 24.2 Å². The van der Waals surface area contributed by atoms with Gasteiger partial charge in [0.15, 0.2) is 0 Å². The number of hydrogen-bond acceptors (Lipinski definition) is 3. The smallest absolute Gasteiger partial charge is 0.236 e. The second kappa shape index (κ2) is 6.33. The number of likely N-dealkylation sites (N-methyl/N-ethyl adjacent to an activating group) is 1. The molecule has 90 valence electrons. The monoisotopic (exact) mass is 224 g/mol. The third-order valence-electron chi connectivity index (χ3n) is 2.49. The van der Waals surface area contributed by atoms with Gasteiger partial charge in [0.2, 0.25) is 5.91 Å². The fourth-order valence-corrected chi connectivity index (χ4v) is 1.60. The van der Waals surface area contributed by atoms with Crippen LogP contribution in [0.15, 0.2) is 22.8 Å². The summed E-state index contributed by atoms with van der Waals surface area (Å²) >= 11 is 0. The Morgan fingerprint density at radius 2 is 2.25 bits per heavy atom. The summed E-state index contributed by atoms with van der Waals surface area (Å²) in [4.78, 5) is 11.6. The van der Waals surface area contributed by atoms with Crippen molar-refractivity contribution < 1.29 is 9.21 Å². The summed E-state index contributed by atoms with van der Waals surface area (Å²) in [5.74, 6) is 0.895. The lowest BCUT2D eigenvalue weighted by Gasteiger charge is -2.19. The third-order valence-corrected chi connectivity index (χ3v) is 2.49. The Morgan fingerprint density at radius 1 is 1.50 bits per heavy atom. The first-order valence-electron chi connectivity index (χ1n) is 5.76. The number of nitrogens with one attached hydrogen (secondary N) is 2. The van der Waals surface area contributed by atoms with Crippen LogP contribution >= 0.6 is 0 Å². The first-order chi connectivity index (χ1) is 7.69. The van der Waals surface area contributed by atoms with E-state index in [0.29, 0.717) is 6.54 Å². The number of amides is 1. The standard InChI is InChI=1S/C12H20N2O2/c1-4-10(11-7-6-8-16-11)14-9(3)12(15)13-5-2/h6-10,14H,4-5H2,1-3H3,(H,13,15). The SMILES string of the molecule is CCNC(=O)C(C)NC(CC)c1ccco1. The van der Waals surface area contributed by atoms with E-state index in [1.165, 1.54) is 0 Å². The van der Waals surface area contributed by atoms with E-state index in [1.807, 2.05) is 26.0 Å². The maximum atomic E-state index is 11.6. The molecule has 0 saturated carbocycles. The van der Waals surface area contributed by atoms with Crippen LogP contribution < -0.4 is 10.6 Å². The Balaban J connectivity index is 2.54. The highest BCUT2D eigenvalue weighted by atomic mass is 16.3. The third kappa shape index (κ3) is 3.38. The predicted octanol–water partition coefficient (Wildman–Crippen LogP) is 1.84. The minimum atomic E-state index is -0.213. The highest BCUT2D eigenvalue weighted by Gasteiger charge is 2.18. The van der Waals surface area contributed by atoms with Crippen LogP contribution in [0.25, 0.3) is 0 Å². The molecule has 0 spiro atoms. The minimum absolute atomic E-state index is 0.0208. The van der Waals surface area contributed by atoms with Gasteiger partial charge in [0, 0.05) is 6.54 Å². The summed E-state index contributed by atoms with van der Waals surface area (Å²) in [6.45, 7) is 6.48. The average molecular weight is 224 g/mol. The summed E-state index contributed by atoms with van der Waals surface area (Å²) < 4.78 is 5.33. The second-order valence-corrected chi connectivity index (χ2v) is 3.76. The molecule has 4 nitrogen and oxygen atoms in total. The van der Waals surface area contributed by atoms with E-state index >= 15 is 0 Å². The zero-order chi connectivity index (χ0) is 12.0. The van der Waals surface area contributed by atoms with E-state index in [0.717, 1.165) is 12.2 Å². The van der Waals surface area contributed by atoms with Crippen molar-refractivity contribution in [2.45, 2.75) is 39.3 Å². The zero-order valence-electron chi connectivity index (χ0n) is 10.1. The molecule has 0 fully saturated rings. The largest absolute Gasteiger partial charge is 0.468 e. The van der Waals surface area contributed by atoms with E-state index in [4.69, 9.17) is 4.42 Å². The van der Waals surface area contributed by atoms with Gasteiger partial charge in [-0.15, -0.1) is 0 Å². The Kier molecular flexibility index (Phi) is 5.05. The molecule has 2 N–H and O–H groups in total. The maximum absolute atomic E-state index is 11.6. The van der Waals surface area contributed by atoms with E-state index in [-0.39, 0.29) is 18.0 Å². The molecule has 1 rings (SSSR count). The zero-order valence-corrected chi connectivity index (χ0v) is 10.1. The summed E-state index contributed by atoms with van der Waals surface area (Å²) in [5, 5.41) is 6.04. The summed E-state index contributed by atoms with van der Waals surface area (Å²) in [5.41, 5.74) is 0. The Labute approximate surface area is 96.4 Å². The number of furan rings is 1. The molecular weight excluding hydrogens is 204 g/mol. The molecular formula is C12H20N2O2. The molecule has 0 bridgehead atoms. The van der Waals surface area contributed by atoms with Gasteiger partial charge >= 0.3 is 0 Å². The number of carbonyl (C=O) groups excluding carboxylic acids is 1. The Bertz CT molecular complexity index is 309. The lowest BCUT2D eigenvalue weighted by Crippen LogP contribution is -2.43. The van der Waals surface area contributed by atoms with Crippen molar-refractivity contribution in [1.82, 2.24) is 10.6 Å². The molecule has 1 amide bonds. The van der Waals surface area contributed by atoms with Crippen LogP contribution in [0, 0.1) is 0 Å². The van der Waals surface area contributed by atoms with Crippen molar-refractivity contribution in [2.24, 2.45) is 0 Å². The summed E-state index contributed by atoms with van der Waals surface area (Å²) in [6, 6.07) is 3.66. The van der Waals surface area contributed by atoms with Gasteiger partial charge in [-0.05, 0) is 32.4 Å². The average Bonchev–Trinajstić information content (AvgIpc) is 2.79. The Morgan fingerprint density at radius 3 is 2.75 bits per heavy atom. The van der Waals surface area contributed by atoms with Crippen LogP contribution in [0.1, 0.15) is 39.0 Å². The van der Waals surface area contributed by atoms with Crippen molar-refractivity contribution in [3.8, 4) is 0 Å². The van der Waals surface area contributed by atoms with Crippen LogP contribution in [-0.2, 0) is 4.79 Å². The molecule has 0 aromatic carbocycles. The van der Waals surface area contributed by atoms with E-state index in [2.05, 4.69) is 17.6 Å². The minimum Gasteiger partial charge on any atom is -0.468 e. The van der Waals surface area contributed by atoms with Crippen LogP contribution in [0.5, 0.6) is 0 Å². The van der Waals surface area contributed by atoms with Gasteiger partial charge < -0.3 is 9.73 Å². The lowest BCUT2D eigenvalue weighted by atomic mass is 10.1. The second-order valence-electron chi connectivity index (χ2n) is 3.76. The van der Waals surface area contributed by atoms with Gasteiger partial charge in [0.25, 0.3) is 0 Å². The molecule has 1 aromatic heterocycles. The molecule has 0 aliphatic rings. The van der Waals surface area contributed by atoms with E-state index < -0.39 is 0 Å². The van der Waals surface area contributed by atoms with Crippen molar-refractivity contribution in [1.29, 1.82) is 0 Å². The molecule has 2 atom stereocenters. The lowest BCUT2D eigenvalue weighted by molar-refractivity contribution is -0.122. The molecule has 0 aliphatic heterocycles. The molecule has 0 aliphatic carbocycles. The maximum Gasteiger partial charge on any atom is 0.236 e. The molecule has 0 saturated heterocycles. The van der Waals surface area contributed by atoms with Gasteiger partial charge in [-0.2, -0.15) is 0 Å². The van der Waals surface area contributed by atoms with E-state index in [1.54, 1.807) is 6.26 Å². The van der Waals surface area contributed by atoms with Gasteiger partial charge in [-0.3, -0.25) is 10.1 Å². The normalized spacial score (nSPS) is 14.4.